The molecule has 30 heavy (non-hydrogen) atoms. The van der Waals surface area contributed by atoms with Gasteiger partial charge in [-0.2, -0.15) is 0 Å². The first-order valence-electron chi connectivity index (χ1n) is 10.1. The van der Waals surface area contributed by atoms with E-state index in [2.05, 4.69) is 15.5 Å². The third-order valence-electron chi connectivity index (χ3n) is 5.45. The molecule has 0 bridgehead atoms. The summed E-state index contributed by atoms with van der Waals surface area (Å²) in [5.74, 6) is -0.203. The van der Waals surface area contributed by atoms with Gasteiger partial charge >= 0.3 is 0 Å². The number of piperidine rings is 1. The largest absolute Gasteiger partial charge is 0.356 e. The average Bonchev–Trinajstić information content (AvgIpc) is 3.17. The second-order valence-electron chi connectivity index (χ2n) is 7.50. The molecular formula is C22H23FN4O3. The second-order valence-corrected chi connectivity index (χ2v) is 7.50. The zero-order valence-electron chi connectivity index (χ0n) is 16.5. The number of nitrogens with one attached hydrogen (secondary N) is 1. The third-order valence-corrected chi connectivity index (χ3v) is 5.45. The summed E-state index contributed by atoms with van der Waals surface area (Å²) >= 11 is 0. The Morgan fingerprint density at radius 2 is 1.90 bits per heavy atom. The molecule has 1 aliphatic rings. The van der Waals surface area contributed by atoms with Crippen molar-refractivity contribution in [3.8, 4) is 0 Å². The molecule has 1 saturated heterocycles. The molecular weight excluding hydrogens is 387 g/mol. The maximum atomic E-state index is 13.3. The number of benzene rings is 1. The lowest BCUT2D eigenvalue weighted by molar-refractivity contribution is -0.132. The van der Waals surface area contributed by atoms with Gasteiger partial charge in [0.05, 0.1) is 5.69 Å². The quantitative estimate of drug-likeness (QED) is 0.666. The van der Waals surface area contributed by atoms with Gasteiger partial charge in [0, 0.05) is 61.4 Å². The molecule has 0 aliphatic carbocycles. The van der Waals surface area contributed by atoms with E-state index >= 15 is 0 Å². The molecule has 4 rings (SSSR count). The number of pyridine rings is 1. The highest BCUT2D eigenvalue weighted by molar-refractivity contribution is 5.90. The normalized spacial score (nSPS) is 14.8. The molecule has 0 spiro atoms. The number of likely N-dealkylation sites (tertiary alicyclic amines) is 1. The van der Waals surface area contributed by atoms with Crippen LogP contribution in [0, 0.1) is 5.82 Å². The summed E-state index contributed by atoms with van der Waals surface area (Å²) in [6.07, 6.45) is 5.95. The number of fused-ring (bicyclic) bond motifs is 1. The van der Waals surface area contributed by atoms with Crippen molar-refractivity contribution in [1.82, 2.24) is 15.0 Å². The number of nitrogens with zero attached hydrogens (tertiary/aromatic N) is 3. The van der Waals surface area contributed by atoms with Gasteiger partial charge in [0.15, 0.2) is 5.58 Å². The van der Waals surface area contributed by atoms with Crippen LogP contribution in [-0.2, 0) is 9.59 Å². The lowest BCUT2D eigenvalue weighted by atomic mass is 9.91. The summed E-state index contributed by atoms with van der Waals surface area (Å²) < 4.78 is 18.6. The van der Waals surface area contributed by atoms with Gasteiger partial charge in [0.1, 0.15) is 5.82 Å². The Hall–Kier alpha value is -3.29. The van der Waals surface area contributed by atoms with E-state index in [1.165, 1.54) is 12.1 Å². The van der Waals surface area contributed by atoms with Gasteiger partial charge in [0.25, 0.3) is 0 Å². The average molecular weight is 410 g/mol. The molecule has 1 aromatic carbocycles. The number of carbonyl (C=O) groups excluding carboxylic acids is 2. The van der Waals surface area contributed by atoms with Gasteiger partial charge in [-0.05, 0) is 43.5 Å². The van der Waals surface area contributed by atoms with Crippen LogP contribution in [0.5, 0.6) is 0 Å². The van der Waals surface area contributed by atoms with E-state index in [1.807, 2.05) is 4.90 Å². The highest BCUT2D eigenvalue weighted by Crippen LogP contribution is 2.33. The van der Waals surface area contributed by atoms with E-state index in [4.69, 9.17) is 4.52 Å². The minimum Gasteiger partial charge on any atom is -0.356 e. The van der Waals surface area contributed by atoms with Gasteiger partial charge in [-0.3, -0.25) is 14.6 Å². The van der Waals surface area contributed by atoms with Crippen molar-refractivity contribution >= 4 is 28.5 Å². The summed E-state index contributed by atoms with van der Waals surface area (Å²) in [7, 11) is 0. The predicted octanol–water partition coefficient (Wildman–Crippen LogP) is 3.88. The van der Waals surface area contributed by atoms with E-state index < -0.39 is 0 Å². The first kappa shape index (κ1) is 20.0. The molecule has 1 N–H and O–H groups in total. The molecule has 2 amide bonds. The summed E-state index contributed by atoms with van der Waals surface area (Å²) in [6.45, 7) is 1.28. The summed E-state index contributed by atoms with van der Waals surface area (Å²) in [5.41, 5.74) is 1.99. The minimum absolute atomic E-state index is 0.0669. The predicted molar refractivity (Wildman–Crippen MR) is 109 cm³/mol. The van der Waals surface area contributed by atoms with E-state index in [0.29, 0.717) is 43.6 Å². The monoisotopic (exact) mass is 410 g/mol. The van der Waals surface area contributed by atoms with Gasteiger partial charge in [0.2, 0.25) is 11.8 Å². The highest BCUT2D eigenvalue weighted by Gasteiger charge is 2.27. The zero-order valence-corrected chi connectivity index (χ0v) is 16.5. The van der Waals surface area contributed by atoms with Crippen molar-refractivity contribution < 1.29 is 18.5 Å². The molecule has 0 unspecified atom stereocenters. The first-order chi connectivity index (χ1) is 14.6. The van der Waals surface area contributed by atoms with E-state index in [0.717, 1.165) is 23.9 Å². The number of carbonyl (C=O) groups is 2. The van der Waals surface area contributed by atoms with Crippen LogP contribution in [0.15, 0.2) is 47.2 Å². The molecule has 3 aromatic rings. The zero-order chi connectivity index (χ0) is 20.9. The molecule has 3 heterocycles. The van der Waals surface area contributed by atoms with Crippen LogP contribution in [0.4, 0.5) is 10.1 Å². The molecule has 2 aromatic heterocycles. The fraction of sp³-hybridized carbons (Fsp3) is 0.364. The van der Waals surface area contributed by atoms with Crippen molar-refractivity contribution in [2.24, 2.45) is 0 Å². The van der Waals surface area contributed by atoms with Gasteiger partial charge in [-0.1, -0.05) is 5.16 Å². The van der Waals surface area contributed by atoms with Crippen molar-refractivity contribution in [3.05, 3.63) is 54.2 Å². The maximum Gasteiger partial charge on any atom is 0.224 e. The molecule has 1 fully saturated rings. The fourth-order valence-corrected chi connectivity index (χ4v) is 3.84. The van der Waals surface area contributed by atoms with Gasteiger partial charge in [-0.15, -0.1) is 0 Å². The molecule has 156 valence electrons. The molecule has 0 atom stereocenters. The van der Waals surface area contributed by atoms with E-state index in [-0.39, 0.29) is 23.5 Å². The Morgan fingerprint density at radius 1 is 1.13 bits per heavy atom. The van der Waals surface area contributed by atoms with Crippen LogP contribution >= 0.6 is 0 Å². The Morgan fingerprint density at radius 3 is 2.67 bits per heavy atom. The number of amides is 2. The smallest absolute Gasteiger partial charge is 0.224 e. The van der Waals surface area contributed by atoms with Crippen molar-refractivity contribution in [2.45, 2.75) is 38.0 Å². The number of hydrogen-bond donors (Lipinski definition) is 1. The Balaban J connectivity index is 1.23. The number of hydrogen-bond acceptors (Lipinski definition) is 5. The van der Waals surface area contributed by atoms with Crippen molar-refractivity contribution in [1.29, 1.82) is 0 Å². The van der Waals surface area contributed by atoms with Gasteiger partial charge in [-0.25, -0.2) is 4.39 Å². The van der Waals surface area contributed by atoms with Gasteiger partial charge < -0.3 is 14.7 Å². The lowest BCUT2D eigenvalue weighted by Crippen LogP contribution is -2.38. The fourth-order valence-electron chi connectivity index (χ4n) is 3.84. The van der Waals surface area contributed by atoms with E-state index in [1.54, 1.807) is 30.6 Å². The summed E-state index contributed by atoms with van der Waals surface area (Å²) in [5, 5.41) is 7.77. The topological polar surface area (TPSA) is 88.3 Å². The molecule has 7 nitrogen and oxygen atoms in total. The first-order valence-corrected chi connectivity index (χ1v) is 10.1. The van der Waals surface area contributed by atoms with Crippen LogP contribution < -0.4 is 5.32 Å². The molecule has 0 radical (unpaired) electrons. The standard InChI is InChI=1S/C22H23FN4O3/c23-16-4-5-18-19(14-16)30-26-22(18)15-8-12-27(13-9-15)21(29)3-1-2-20(28)25-17-6-10-24-11-7-17/h4-7,10-11,14-15H,1-3,8-9,12-13H2,(H,24,25,28). The third kappa shape index (κ3) is 4.64. The van der Waals surface area contributed by atoms with Crippen LogP contribution in [-0.4, -0.2) is 39.9 Å². The minimum atomic E-state index is -0.347. The SMILES string of the molecule is O=C(CCCC(=O)N1CCC(c2noc3cc(F)ccc23)CC1)Nc1ccncc1. The van der Waals surface area contributed by atoms with Crippen LogP contribution in [0.2, 0.25) is 0 Å². The Bertz CT molecular complexity index is 1030. The molecule has 8 heteroatoms. The number of anilines is 1. The van der Waals surface area contributed by atoms with E-state index in [9.17, 15) is 14.0 Å². The molecule has 1 aliphatic heterocycles. The maximum absolute atomic E-state index is 13.3. The van der Waals surface area contributed by atoms with Crippen LogP contribution in [0.3, 0.4) is 0 Å². The van der Waals surface area contributed by atoms with Crippen LogP contribution in [0.1, 0.15) is 43.7 Å². The van der Waals surface area contributed by atoms with Crippen LogP contribution in [0.25, 0.3) is 11.0 Å². The van der Waals surface area contributed by atoms with Crippen molar-refractivity contribution in [3.63, 3.8) is 0 Å². The highest BCUT2D eigenvalue weighted by atomic mass is 19.1. The number of halogens is 1. The summed E-state index contributed by atoms with van der Waals surface area (Å²) in [4.78, 5) is 30.2. The second kappa shape index (κ2) is 9.02. The summed E-state index contributed by atoms with van der Waals surface area (Å²) in [6, 6.07) is 7.90. The number of aromatic nitrogens is 2. The Kier molecular flexibility index (Phi) is 6.02. The molecule has 0 saturated carbocycles. The van der Waals surface area contributed by atoms with Crippen molar-refractivity contribution in [2.75, 3.05) is 18.4 Å². The number of rotatable bonds is 6. The Labute approximate surface area is 173 Å². The lowest BCUT2D eigenvalue weighted by Gasteiger charge is -2.31.